The molecule has 1 atom stereocenters. The topological polar surface area (TPSA) is 87.3 Å². The summed E-state index contributed by atoms with van der Waals surface area (Å²) in [6.07, 6.45) is 0.303. The van der Waals surface area contributed by atoms with Crippen molar-refractivity contribution in [1.82, 2.24) is 10.6 Å². The molecule has 0 fully saturated rings. The van der Waals surface area contributed by atoms with E-state index in [9.17, 15) is 14.4 Å². The Balaban J connectivity index is 1.64. The molecule has 158 valence electrons. The van der Waals surface area contributed by atoms with E-state index in [0.717, 1.165) is 10.0 Å². The first kappa shape index (κ1) is 22.2. The lowest BCUT2D eigenvalue weighted by atomic mass is 10.0. The standard InChI is InChI=1S/C24H22BrN3O3/c25-19-13-7-8-14-20(19)27-22(29)16-26-24(31)21(15-17-9-3-1-4-10-17)28-23(30)18-11-5-2-6-12-18/h1-14,21H,15-16H2,(H,26,31)(H,27,29)(H,28,30)/t21-/m1/s1. The fourth-order valence-corrected chi connectivity index (χ4v) is 3.32. The van der Waals surface area contributed by atoms with Crippen molar-refractivity contribution < 1.29 is 14.4 Å². The number of anilines is 1. The van der Waals surface area contributed by atoms with E-state index in [1.807, 2.05) is 48.5 Å². The van der Waals surface area contributed by atoms with Gasteiger partial charge in [0.25, 0.3) is 5.91 Å². The third kappa shape index (κ3) is 6.79. The molecule has 0 aliphatic rings. The number of hydrogen-bond donors (Lipinski definition) is 3. The highest BCUT2D eigenvalue weighted by molar-refractivity contribution is 9.10. The lowest BCUT2D eigenvalue weighted by Crippen LogP contribution is -2.49. The molecule has 0 aliphatic carbocycles. The molecule has 0 radical (unpaired) electrons. The molecule has 6 nitrogen and oxygen atoms in total. The molecule has 31 heavy (non-hydrogen) atoms. The monoisotopic (exact) mass is 479 g/mol. The van der Waals surface area contributed by atoms with E-state index < -0.39 is 11.9 Å². The van der Waals surface area contributed by atoms with Crippen LogP contribution in [0.1, 0.15) is 15.9 Å². The number of hydrogen-bond acceptors (Lipinski definition) is 3. The molecular weight excluding hydrogens is 458 g/mol. The Kier molecular flexibility index (Phi) is 7.95. The van der Waals surface area contributed by atoms with Crippen molar-refractivity contribution in [3.63, 3.8) is 0 Å². The van der Waals surface area contributed by atoms with Gasteiger partial charge < -0.3 is 16.0 Å². The van der Waals surface area contributed by atoms with E-state index in [2.05, 4.69) is 31.9 Å². The van der Waals surface area contributed by atoms with Crippen LogP contribution in [0.5, 0.6) is 0 Å². The van der Waals surface area contributed by atoms with Gasteiger partial charge in [0, 0.05) is 16.5 Å². The highest BCUT2D eigenvalue weighted by Crippen LogP contribution is 2.20. The number of para-hydroxylation sites is 1. The van der Waals surface area contributed by atoms with Crippen molar-refractivity contribution in [2.45, 2.75) is 12.5 Å². The minimum Gasteiger partial charge on any atom is -0.345 e. The number of rotatable bonds is 8. The zero-order valence-electron chi connectivity index (χ0n) is 16.7. The lowest BCUT2D eigenvalue weighted by molar-refractivity contribution is -0.125. The number of benzene rings is 3. The largest absolute Gasteiger partial charge is 0.345 e. The first-order valence-corrected chi connectivity index (χ1v) is 10.5. The van der Waals surface area contributed by atoms with Crippen molar-refractivity contribution in [3.05, 3.63) is 101 Å². The fourth-order valence-electron chi connectivity index (χ4n) is 2.94. The van der Waals surface area contributed by atoms with Crippen molar-refractivity contribution in [1.29, 1.82) is 0 Å². The van der Waals surface area contributed by atoms with Crippen molar-refractivity contribution >= 4 is 39.3 Å². The van der Waals surface area contributed by atoms with Gasteiger partial charge in [-0.05, 0) is 45.8 Å². The third-order valence-corrected chi connectivity index (χ3v) is 5.20. The molecule has 3 rings (SSSR count). The average Bonchev–Trinajstić information content (AvgIpc) is 2.80. The van der Waals surface area contributed by atoms with Gasteiger partial charge in [0.1, 0.15) is 6.04 Å². The number of nitrogens with one attached hydrogen (secondary N) is 3. The molecule has 0 aliphatic heterocycles. The number of halogens is 1. The zero-order valence-corrected chi connectivity index (χ0v) is 18.3. The Bertz CT molecular complexity index is 1040. The summed E-state index contributed by atoms with van der Waals surface area (Å²) in [4.78, 5) is 37.7. The van der Waals surface area contributed by atoms with Crippen molar-refractivity contribution in [2.24, 2.45) is 0 Å². The minimum atomic E-state index is -0.827. The maximum Gasteiger partial charge on any atom is 0.251 e. The van der Waals surface area contributed by atoms with E-state index >= 15 is 0 Å². The van der Waals surface area contributed by atoms with E-state index in [1.54, 1.807) is 36.4 Å². The Labute approximate surface area is 189 Å². The molecule has 3 N–H and O–H groups in total. The lowest BCUT2D eigenvalue weighted by Gasteiger charge is -2.19. The maximum atomic E-state index is 12.8. The Morgan fingerprint density at radius 2 is 1.42 bits per heavy atom. The van der Waals surface area contributed by atoms with Crippen molar-refractivity contribution in [2.75, 3.05) is 11.9 Å². The van der Waals surface area contributed by atoms with Crippen LogP contribution in [-0.4, -0.2) is 30.3 Å². The number of amides is 3. The van der Waals surface area contributed by atoms with Gasteiger partial charge in [0.2, 0.25) is 11.8 Å². The van der Waals surface area contributed by atoms with Crippen LogP contribution in [0.15, 0.2) is 89.4 Å². The van der Waals surface area contributed by atoms with Gasteiger partial charge >= 0.3 is 0 Å². The minimum absolute atomic E-state index is 0.216. The molecule has 0 unspecified atom stereocenters. The normalized spacial score (nSPS) is 11.3. The summed E-state index contributed by atoms with van der Waals surface area (Å²) in [6, 6.07) is 24.4. The second-order valence-electron chi connectivity index (χ2n) is 6.83. The summed E-state index contributed by atoms with van der Waals surface area (Å²) in [6.45, 7) is -0.216. The van der Waals surface area contributed by atoms with E-state index in [1.165, 1.54) is 0 Å². The van der Waals surface area contributed by atoms with Gasteiger partial charge in [0.15, 0.2) is 0 Å². The molecule has 3 aromatic carbocycles. The summed E-state index contributed by atoms with van der Waals surface area (Å²) in [5.74, 6) is -1.15. The Morgan fingerprint density at radius 3 is 2.10 bits per heavy atom. The van der Waals surface area contributed by atoms with Gasteiger partial charge in [-0.15, -0.1) is 0 Å². The molecule has 0 saturated carbocycles. The fraction of sp³-hybridized carbons (Fsp3) is 0.125. The second-order valence-corrected chi connectivity index (χ2v) is 7.68. The quantitative estimate of drug-likeness (QED) is 0.461. The van der Waals surface area contributed by atoms with Gasteiger partial charge in [-0.3, -0.25) is 14.4 Å². The SMILES string of the molecule is O=C(CNC(=O)[C@@H](Cc1ccccc1)NC(=O)c1ccccc1)Nc1ccccc1Br. The average molecular weight is 480 g/mol. The zero-order chi connectivity index (χ0) is 22.1. The summed E-state index contributed by atoms with van der Waals surface area (Å²) in [5.41, 5.74) is 1.97. The van der Waals surface area contributed by atoms with Crippen LogP contribution in [0.2, 0.25) is 0 Å². The Hall–Kier alpha value is -3.45. The van der Waals surface area contributed by atoms with Gasteiger partial charge in [-0.2, -0.15) is 0 Å². The van der Waals surface area contributed by atoms with Crippen LogP contribution in [0.25, 0.3) is 0 Å². The van der Waals surface area contributed by atoms with E-state index in [-0.39, 0.29) is 18.4 Å². The summed E-state index contributed by atoms with van der Waals surface area (Å²) < 4.78 is 0.742. The summed E-state index contributed by atoms with van der Waals surface area (Å²) >= 11 is 3.36. The summed E-state index contributed by atoms with van der Waals surface area (Å²) in [7, 11) is 0. The molecule has 7 heteroatoms. The van der Waals surface area contributed by atoms with E-state index in [0.29, 0.717) is 17.7 Å². The van der Waals surface area contributed by atoms with Crippen LogP contribution < -0.4 is 16.0 Å². The predicted octanol–water partition coefficient (Wildman–Crippen LogP) is 3.55. The molecule has 0 spiro atoms. The van der Waals surface area contributed by atoms with Gasteiger partial charge in [-0.25, -0.2) is 0 Å². The predicted molar refractivity (Wildman–Crippen MR) is 124 cm³/mol. The molecule has 0 heterocycles. The first-order valence-electron chi connectivity index (χ1n) is 9.75. The Morgan fingerprint density at radius 1 is 0.806 bits per heavy atom. The van der Waals surface area contributed by atoms with Crippen LogP contribution in [-0.2, 0) is 16.0 Å². The smallest absolute Gasteiger partial charge is 0.251 e. The number of carbonyl (C=O) groups is 3. The van der Waals surface area contributed by atoms with Crippen LogP contribution in [0.3, 0.4) is 0 Å². The van der Waals surface area contributed by atoms with Crippen LogP contribution in [0.4, 0.5) is 5.69 Å². The second kappa shape index (κ2) is 11.1. The summed E-state index contributed by atoms with van der Waals surface area (Å²) in [5, 5.41) is 8.13. The first-order chi connectivity index (χ1) is 15.0. The molecular formula is C24H22BrN3O3. The number of carbonyl (C=O) groups excluding carboxylic acids is 3. The molecule has 0 bridgehead atoms. The van der Waals surface area contributed by atoms with Crippen LogP contribution in [0, 0.1) is 0 Å². The van der Waals surface area contributed by atoms with Gasteiger partial charge in [0.05, 0.1) is 12.2 Å². The van der Waals surface area contributed by atoms with Crippen LogP contribution >= 0.6 is 15.9 Å². The molecule has 3 aromatic rings. The van der Waals surface area contributed by atoms with Gasteiger partial charge in [-0.1, -0.05) is 60.7 Å². The van der Waals surface area contributed by atoms with E-state index in [4.69, 9.17) is 0 Å². The maximum absolute atomic E-state index is 12.8. The molecule has 3 amide bonds. The third-order valence-electron chi connectivity index (χ3n) is 4.51. The highest BCUT2D eigenvalue weighted by atomic mass is 79.9. The highest BCUT2D eigenvalue weighted by Gasteiger charge is 2.22. The molecule has 0 aromatic heterocycles. The molecule has 0 saturated heterocycles. The van der Waals surface area contributed by atoms with Crippen molar-refractivity contribution in [3.8, 4) is 0 Å².